The Morgan fingerprint density at radius 3 is 2.43 bits per heavy atom. The van der Waals surface area contributed by atoms with Crippen LogP contribution in [0.25, 0.3) is 0 Å². The van der Waals surface area contributed by atoms with Crippen molar-refractivity contribution in [3.8, 4) is 11.5 Å². The average molecular weight is 296 g/mol. The highest BCUT2D eigenvalue weighted by Gasteiger charge is 2.25. The molecule has 1 amide bonds. The van der Waals surface area contributed by atoms with Gasteiger partial charge >= 0.3 is 0 Å². The molecule has 0 spiro atoms. The molecule has 0 bridgehead atoms. The van der Waals surface area contributed by atoms with E-state index in [1.54, 1.807) is 19.9 Å². The van der Waals surface area contributed by atoms with Gasteiger partial charge in [-0.1, -0.05) is 6.07 Å². The fourth-order valence-corrected chi connectivity index (χ4v) is 2.08. The van der Waals surface area contributed by atoms with Gasteiger partial charge in [0.25, 0.3) is 0 Å². The molecule has 0 aliphatic rings. The maximum absolute atomic E-state index is 12.3. The molecule has 6 nitrogen and oxygen atoms in total. The molecule has 118 valence electrons. The number of hydrogen-bond acceptors (Lipinski definition) is 5. The lowest BCUT2D eigenvalue weighted by molar-refractivity contribution is -0.135. The number of amides is 1. The third-order valence-corrected chi connectivity index (χ3v) is 3.08. The van der Waals surface area contributed by atoms with Crippen molar-refractivity contribution in [1.82, 2.24) is 4.90 Å². The molecule has 0 heterocycles. The van der Waals surface area contributed by atoms with E-state index in [0.717, 1.165) is 0 Å². The minimum atomic E-state index is -0.984. The zero-order valence-electron chi connectivity index (χ0n) is 12.7. The van der Waals surface area contributed by atoms with Crippen molar-refractivity contribution in [1.29, 1.82) is 0 Å². The molecule has 1 atom stereocenters. The Morgan fingerprint density at radius 1 is 1.33 bits per heavy atom. The molecule has 0 unspecified atom stereocenters. The first-order valence-corrected chi connectivity index (χ1v) is 6.91. The molecule has 6 heteroatoms. The molecule has 0 saturated heterocycles. The molecule has 21 heavy (non-hydrogen) atoms. The van der Waals surface area contributed by atoms with Gasteiger partial charge in [0.1, 0.15) is 0 Å². The van der Waals surface area contributed by atoms with E-state index in [1.807, 2.05) is 6.92 Å². The molecular formula is C15H24N2O4. The van der Waals surface area contributed by atoms with E-state index in [-0.39, 0.29) is 30.4 Å². The molecule has 5 N–H and O–H groups in total. The Balaban J connectivity index is 2.74. The van der Waals surface area contributed by atoms with Crippen molar-refractivity contribution in [2.75, 3.05) is 13.1 Å². The normalized spacial score (nSPS) is 13.0. The first-order chi connectivity index (χ1) is 9.64. The molecule has 0 fully saturated rings. The van der Waals surface area contributed by atoms with Gasteiger partial charge in [0.15, 0.2) is 11.5 Å². The topological polar surface area (TPSA) is 107 Å². The summed E-state index contributed by atoms with van der Waals surface area (Å²) in [7, 11) is 0. The molecule has 1 aromatic carbocycles. The smallest absolute Gasteiger partial charge is 0.239 e. The number of aliphatic hydroxyl groups is 1. The van der Waals surface area contributed by atoms with Crippen molar-refractivity contribution >= 4 is 5.91 Å². The second-order valence-electron chi connectivity index (χ2n) is 5.80. The van der Waals surface area contributed by atoms with E-state index >= 15 is 0 Å². The molecule has 1 aromatic rings. The Morgan fingerprint density at radius 2 is 1.95 bits per heavy atom. The summed E-state index contributed by atoms with van der Waals surface area (Å²) in [6.07, 6.45) is 0.245. The molecule has 0 aliphatic carbocycles. The van der Waals surface area contributed by atoms with Crippen molar-refractivity contribution in [2.45, 2.75) is 38.8 Å². The maximum atomic E-state index is 12.3. The van der Waals surface area contributed by atoms with Gasteiger partial charge in [-0.3, -0.25) is 4.79 Å². The van der Waals surface area contributed by atoms with Crippen LogP contribution < -0.4 is 5.73 Å². The zero-order valence-corrected chi connectivity index (χ0v) is 12.7. The summed E-state index contributed by atoms with van der Waals surface area (Å²) in [5.41, 5.74) is 5.59. The number of carbonyl (C=O) groups is 1. The molecular weight excluding hydrogens is 272 g/mol. The van der Waals surface area contributed by atoms with Crippen LogP contribution in [-0.2, 0) is 11.2 Å². The molecule has 0 aromatic heterocycles. The minimum absolute atomic E-state index is 0.205. The van der Waals surface area contributed by atoms with E-state index < -0.39 is 11.6 Å². The Labute approximate surface area is 124 Å². The fourth-order valence-electron chi connectivity index (χ4n) is 2.08. The first-order valence-electron chi connectivity index (χ1n) is 6.91. The number of rotatable bonds is 6. The summed E-state index contributed by atoms with van der Waals surface area (Å²) >= 11 is 0. The molecule has 0 radical (unpaired) electrons. The second kappa shape index (κ2) is 6.78. The molecule has 0 saturated carbocycles. The number of nitrogens with zero attached hydrogens (tertiary/aromatic N) is 1. The number of phenolic OH excluding ortho intramolecular Hbond substituents is 2. The zero-order chi connectivity index (χ0) is 16.2. The van der Waals surface area contributed by atoms with E-state index in [1.165, 1.54) is 17.0 Å². The predicted octanol–water partition coefficient (Wildman–Crippen LogP) is 0.587. The van der Waals surface area contributed by atoms with Gasteiger partial charge in [-0.15, -0.1) is 0 Å². The third kappa shape index (κ3) is 5.24. The molecule has 0 aliphatic heterocycles. The highest BCUT2D eigenvalue weighted by molar-refractivity contribution is 5.82. The van der Waals surface area contributed by atoms with Gasteiger partial charge in [0.05, 0.1) is 11.6 Å². The summed E-state index contributed by atoms with van der Waals surface area (Å²) in [4.78, 5) is 13.8. The summed E-state index contributed by atoms with van der Waals surface area (Å²) in [6.45, 7) is 5.75. The van der Waals surface area contributed by atoms with Gasteiger partial charge in [0.2, 0.25) is 5.91 Å². The second-order valence-corrected chi connectivity index (χ2v) is 5.80. The highest BCUT2D eigenvalue weighted by atomic mass is 16.3. The van der Waals surface area contributed by atoms with E-state index in [9.17, 15) is 20.1 Å². The summed E-state index contributed by atoms with van der Waals surface area (Å²) in [5.74, 6) is -0.709. The van der Waals surface area contributed by atoms with Crippen molar-refractivity contribution in [3.63, 3.8) is 0 Å². The lowest BCUT2D eigenvalue weighted by Crippen LogP contribution is -2.49. The Hall–Kier alpha value is -1.79. The van der Waals surface area contributed by atoms with Crippen LogP contribution in [0.4, 0.5) is 0 Å². The number of carbonyl (C=O) groups excluding carboxylic acids is 1. The Bertz CT molecular complexity index is 497. The van der Waals surface area contributed by atoms with Gasteiger partial charge in [0, 0.05) is 13.1 Å². The van der Waals surface area contributed by atoms with Crippen molar-refractivity contribution in [3.05, 3.63) is 23.8 Å². The van der Waals surface area contributed by atoms with Crippen LogP contribution in [0.15, 0.2) is 18.2 Å². The van der Waals surface area contributed by atoms with Crippen LogP contribution in [0, 0.1) is 0 Å². The number of benzene rings is 1. The number of likely N-dealkylation sites (N-methyl/N-ethyl adjacent to an activating group) is 1. The Kier molecular flexibility index (Phi) is 5.57. The van der Waals surface area contributed by atoms with Gasteiger partial charge < -0.3 is 26.0 Å². The number of nitrogens with two attached hydrogens (primary N) is 1. The average Bonchev–Trinajstić information content (AvgIpc) is 2.38. The van der Waals surface area contributed by atoms with Gasteiger partial charge in [-0.25, -0.2) is 0 Å². The minimum Gasteiger partial charge on any atom is -0.504 e. The first kappa shape index (κ1) is 17.3. The van der Waals surface area contributed by atoms with Crippen molar-refractivity contribution in [2.24, 2.45) is 5.73 Å². The maximum Gasteiger partial charge on any atom is 0.239 e. The highest BCUT2D eigenvalue weighted by Crippen LogP contribution is 2.25. The summed E-state index contributed by atoms with van der Waals surface area (Å²) in [6, 6.07) is 3.58. The summed E-state index contributed by atoms with van der Waals surface area (Å²) < 4.78 is 0. The SMILES string of the molecule is CCN(CC(C)(C)O)C(=O)[C@@H](N)Cc1ccc(O)c(O)c1. The molecule has 1 rings (SSSR count). The van der Waals surface area contributed by atoms with Crippen LogP contribution in [0.3, 0.4) is 0 Å². The largest absolute Gasteiger partial charge is 0.504 e. The third-order valence-electron chi connectivity index (χ3n) is 3.08. The fraction of sp³-hybridized carbons (Fsp3) is 0.533. The number of phenols is 2. The van der Waals surface area contributed by atoms with E-state index in [0.29, 0.717) is 12.1 Å². The van der Waals surface area contributed by atoms with E-state index in [2.05, 4.69) is 0 Å². The standard InChI is InChI=1S/C15H24N2O4/c1-4-17(9-15(2,3)21)14(20)11(16)7-10-5-6-12(18)13(19)8-10/h5-6,8,11,18-19,21H,4,7,9,16H2,1-3H3/t11-/m0/s1. The van der Waals surface area contributed by atoms with E-state index in [4.69, 9.17) is 5.73 Å². The van der Waals surface area contributed by atoms with Crippen LogP contribution in [0.1, 0.15) is 26.3 Å². The van der Waals surface area contributed by atoms with Crippen LogP contribution in [0.2, 0.25) is 0 Å². The summed E-state index contributed by atoms with van der Waals surface area (Å²) in [5, 5.41) is 28.5. The monoisotopic (exact) mass is 296 g/mol. The van der Waals surface area contributed by atoms with Crippen LogP contribution in [-0.4, -0.2) is 50.9 Å². The lowest BCUT2D eigenvalue weighted by Gasteiger charge is -2.30. The quantitative estimate of drug-likeness (QED) is 0.575. The number of hydrogen-bond donors (Lipinski definition) is 4. The lowest BCUT2D eigenvalue weighted by atomic mass is 10.0. The number of aromatic hydroxyl groups is 2. The predicted molar refractivity (Wildman–Crippen MR) is 80.0 cm³/mol. The van der Waals surface area contributed by atoms with Crippen LogP contribution in [0.5, 0.6) is 11.5 Å². The van der Waals surface area contributed by atoms with Gasteiger partial charge in [-0.05, 0) is 44.9 Å². The van der Waals surface area contributed by atoms with Crippen LogP contribution >= 0.6 is 0 Å². The van der Waals surface area contributed by atoms with Crippen molar-refractivity contribution < 1.29 is 20.1 Å². The van der Waals surface area contributed by atoms with Gasteiger partial charge in [-0.2, -0.15) is 0 Å².